The molecule has 0 aromatic heterocycles. The first-order chi connectivity index (χ1) is 19.8. The summed E-state index contributed by atoms with van der Waals surface area (Å²) < 4.78 is 30.3. The van der Waals surface area contributed by atoms with E-state index in [9.17, 15) is 18.0 Å². The van der Waals surface area contributed by atoms with Crippen molar-refractivity contribution in [2.24, 2.45) is 5.92 Å². The summed E-state index contributed by atoms with van der Waals surface area (Å²) in [7, 11) is -3.99. The first-order valence-corrected chi connectivity index (χ1v) is 15.2. The molecule has 208 valence electrons. The molecule has 0 amide bonds. The Morgan fingerprint density at radius 3 is 1.93 bits per heavy atom. The van der Waals surface area contributed by atoms with E-state index in [1.54, 1.807) is 36.4 Å². The summed E-state index contributed by atoms with van der Waals surface area (Å²) in [6.45, 7) is 3.43. The Hall–Kier alpha value is -4.13. The molecule has 0 saturated carbocycles. The fourth-order valence-corrected chi connectivity index (χ4v) is 7.31. The molecule has 0 aliphatic carbocycles. The van der Waals surface area contributed by atoms with E-state index in [0.29, 0.717) is 23.1 Å². The molecule has 41 heavy (non-hydrogen) atoms. The van der Waals surface area contributed by atoms with Gasteiger partial charge in [0.15, 0.2) is 5.78 Å². The van der Waals surface area contributed by atoms with Gasteiger partial charge in [-0.25, -0.2) is 8.42 Å². The lowest BCUT2D eigenvalue weighted by Gasteiger charge is -2.42. The quantitative estimate of drug-likeness (QED) is 0.217. The standard InChI is InChI=1S/C35H33NO4S/c1-25-18-20-31(21-19-25)41(39,40)36-24-30(22-26(2)37)34(35(38)29-16-10-5-11-17-29)33(28-14-8-4-9-15-28)32(36)23-27-12-6-3-7-13-27/h3-21,30,32H,22-24H2,1-2H3/t30-,32-/m0/s1. The van der Waals surface area contributed by atoms with Crippen LogP contribution in [0, 0.1) is 12.8 Å². The Bertz CT molecular complexity index is 1660. The smallest absolute Gasteiger partial charge is 0.243 e. The van der Waals surface area contributed by atoms with Gasteiger partial charge < -0.3 is 4.79 Å². The largest absolute Gasteiger partial charge is 0.300 e. The zero-order valence-electron chi connectivity index (χ0n) is 23.2. The van der Waals surface area contributed by atoms with Crippen molar-refractivity contribution in [1.82, 2.24) is 4.31 Å². The summed E-state index contributed by atoms with van der Waals surface area (Å²) in [5, 5.41) is 0. The van der Waals surface area contributed by atoms with Gasteiger partial charge >= 0.3 is 0 Å². The maximum atomic E-state index is 14.4. The topological polar surface area (TPSA) is 71.5 Å². The molecule has 1 heterocycles. The van der Waals surface area contributed by atoms with Crippen LogP contribution in [0.4, 0.5) is 0 Å². The highest BCUT2D eigenvalue weighted by Gasteiger charge is 2.44. The minimum atomic E-state index is -3.99. The lowest BCUT2D eigenvalue weighted by molar-refractivity contribution is -0.117. The number of benzene rings is 4. The number of hydrogen-bond acceptors (Lipinski definition) is 4. The van der Waals surface area contributed by atoms with Gasteiger partial charge in [0.05, 0.1) is 10.9 Å². The molecule has 0 unspecified atom stereocenters. The second-order valence-electron chi connectivity index (χ2n) is 10.6. The van der Waals surface area contributed by atoms with Crippen LogP contribution in [-0.4, -0.2) is 36.9 Å². The third-order valence-corrected chi connectivity index (χ3v) is 9.47. The highest BCUT2D eigenvalue weighted by molar-refractivity contribution is 7.89. The minimum absolute atomic E-state index is 0.0253. The number of carbonyl (C=O) groups is 2. The van der Waals surface area contributed by atoms with Crippen molar-refractivity contribution in [2.75, 3.05) is 6.54 Å². The van der Waals surface area contributed by atoms with Crippen LogP contribution in [0.15, 0.2) is 126 Å². The Morgan fingerprint density at radius 2 is 1.34 bits per heavy atom. The maximum Gasteiger partial charge on any atom is 0.243 e. The molecule has 0 saturated heterocycles. The molecular formula is C35H33NO4S. The van der Waals surface area contributed by atoms with Crippen LogP contribution < -0.4 is 0 Å². The number of sulfonamides is 1. The van der Waals surface area contributed by atoms with Crippen molar-refractivity contribution in [3.8, 4) is 0 Å². The van der Waals surface area contributed by atoms with Gasteiger partial charge in [-0.2, -0.15) is 4.31 Å². The van der Waals surface area contributed by atoms with E-state index < -0.39 is 22.0 Å². The van der Waals surface area contributed by atoms with Crippen LogP contribution in [0.5, 0.6) is 0 Å². The first kappa shape index (κ1) is 28.4. The van der Waals surface area contributed by atoms with Crippen LogP contribution in [0.25, 0.3) is 5.57 Å². The summed E-state index contributed by atoms with van der Waals surface area (Å²) in [5.74, 6) is -0.890. The van der Waals surface area contributed by atoms with E-state index in [0.717, 1.165) is 16.7 Å². The van der Waals surface area contributed by atoms with E-state index in [2.05, 4.69) is 0 Å². The number of ketones is 2. The number of rotatable bonds is 9. The van der Waals surface area contributed by atoms with Crippen molar-refractivity contribution >= 4 is 27.2 Å². The monoisotopic (exact) mass is 563 g/mol. The normalized spacial score (nSPS) is 17.8. The molecule has 5 nitrogen and oxygen atoms in total. The van der Waals surface area contributed by atoms with E-state index in [1.165, 1.54) is 11.2 Å². The van der Waals surface area contributed by atoms with E-state index in [4.69, 9.17) is 0 Å². The molecule has 6 heteroatoms. The number of Topliss-reactive ketones (excluding diaryl/α,β-unsaturated/α-hetero) is 2. The third-order valence-electron chi connectivity index (χ3n) is 7.58. The summed E-state index contributed by atoms with van der Waals surface area (Å²) in [5.41, 5.74) is 4.35. The first-order valence-electron chi connectivity index (χ1n) is 13.8. The molecule has 0 spiro atoms. The van der Waals surface area contributed by atoms with Gasteiger partial charge in [-0.1, -0.05) is 109 Å². The molecule has 4 aromatic carbocycles. The second kappa shape index (κ2) is 12.2. The SMILES string of the molecule is CC(=O)C[C@H]1CN(S(=O)(=O)c2ccc(C)cc2)[C@@H](Cc2ccccc2)C(c2ccccc2)=C1C(=O)c1ccccc1. The predicted octanol–water partition coefficient (Wildman–Crippen LogP) is 6.54. The summed E-state index contributed by atoms with van der Waals surface area (Å²) in [6, 6.07) is 34.4. The van der Waals surface area contributed by atoms with Crippen molar-refractivity contribution in [1.29, 1.82) is 0 Å². The molecule has 0 bridgehead atoms. The van der Waals surface area contributed by atoms with Gasteiger partial charge in [-0.3, -0.25) is 4.79 Å². The van der Waals surface area contributed by atoms with Crippen LogP contribution >= 0.6 is 0 Å². The average molecular weight is 564 g/mol. The number of hydrogen-bond donors (Lipinski definition) is 0. The van der Waals surface area contributed by atoms with Gasteiger partial charge in [0.1, 0.15) is 5.78 Å². The van der Waals surface area contributed by atoms with Crippen molar-refractivity contribution in [3.63, 3.8) is 0 Å². The lowest BCUT2D eigenvalue weighted by atomic mass is 9.76. The highest BCUT2D eigenvalue weighted by Crippen LogP contribution is 2.42. The molecule has 0 N–H and O–H groups in total. The molecular weight excluding hydrogens is 530 g/mol. The molecule has 4 aromatic rings. The Kier molecular flexibility index (Phi) is 8.43. The Labute approximate surface area is 242 Å². The van der Waals surface area contributed by atoms with E-state index >= 15 is 0 Å². The van der Waals surface area contributed by atoms with Crippen molar-refractivity contribution < 1.29 is 18.0 Å². The Balaban J connectivity index is 1.79. The van der Waals surface area contributed by atoms with Crippen molar-refractivity contribution in [3.05, 3.63) is 143 Å². The van der Waals surface area contributed by atoms with Gasteiger partial charge in [-0.05, 0) is 49.1 Å². The van der Waals surface area contributed by atoms with E-state index in [-0.39, 0.29) is 29.4 Å². The van der Waals surface area contributed by atoms with Gasteiger partial charge in [0.2, 0.25) is 10.0 Å². The minimum Gasteiger partial charge on any atom is -0.300 e. The predicted molar refractivity (Wildman–Crippen MR) is 162 cm³/mol. The number of carbonyl (C=O) groups excluding carboxylic acids is 2. The third kappa shape index (κ3) is 6.14. The zero-order chi connectivity index (χ0) is 29.0. The highest BCUT2D eigenvalue weighted by atomic mass is 32.2. The summed E-state index contributed by atoms with van der Waals surface area (Å²) in [6.07, 6.45) is 0.427. The number of nitrogens with zero attached hydrogens (tertiary/aromatic N) is 1. The van der Waals surface area contributed by atoms with Crippen molar-refractivity contribution in [2.45, 2.75) is 37.6 Å². The zero-order valence-corrected chi connectivity index (χ0v) is 24.1. The van der Waals surface area contributed by atoms with Crippen LogP contribution in [-0.2, 0) is 21.2 Å². The maximum absolute atomic E-state index is 14.4. The average Bonchev–Trinajstić information content (AvgIpc) is 2.98. The van der Waals surface area contributed by atoms with Gasteiger partial charge in [-0.15, -0.1) is 0 Å². The van der Waals surface area contributed by atoms with Gasteiger partial charge in [0, 0.05) is 30.0 Å². The molecule has 0 fully saturated rings. The summed E-state index contributed by atoms with van der Waals surface area (Å²) in [4.78, 5) is 27.1. The van der Waals surface area contributed by atoms with Crippen LogP contribution in [0.3, 0.4) is 0 Å². The Morgan fingerprint density at radius 1 is 0.780 bits per heavy atom. The fourth-order valence-electron chi connectivity index (χ4n) is 5.66. The fraction of sp³-hybridized carbons (Fsp3) is 0.200. The van der Waals surface area contributed by atoms with Crippen LogP contribution in [0.2, 0.25) is 0 Å². The molecule has 1 aliphatic heterocycles. The van der Waals surface area contributed by atoms with Gasteiger partial charge in [0.25, 0.3) is 0 Å². The van der Waals surface area contributed by atoms with E-state index in [1.807, 2.05) is 85.8 Å². The molecule has 2 atom stereocenters. The molecule has 0 radical (unpaired) electrons. The van der Waals surface area contributed by atoms with Crippen LogP contribution in [0.1, 0.15) is 40.4 Å². The summed E-state index contributed by atoms with van der Waals surface area (Å²) >= 11 is 0. The second-order valence-corrected chi connectivity index (χ2v) is 12.5. The lowest BCUT2D eigenvalue weighted by Crippen LogP contribution is -2.50. The molecule has 5 rings (SSSR count). The molecule has 1 aliphatic rings. The number of aryl methyl sites for hydroxylation is 1.